The maximum absolute atomic E-state index is 5.60. The van der Waals surface area contributed by atoms with Gasteiger partial charge in [-0.3, -0.25) is 4.90 Å². The summed E-state index contributed by atoms with van der Waals surface area (Å²) in [6, 6.07) is 22.7. The molecular weight excluding hydrogens is 446 g/mol. The highest BCUT2D eigenvalue weighted by atomic mass is 16.5. The van der Waals surface area contributed by atoms with Gasteiger partial charge in [0, 0.05) is 43.9 Å². The molecule has 1 unspecified atom stereocenters. The summed E-state index contributed by atoms with van der Waals surface area (Å²) in [4.78, 5) is 5.11. The van der Waals surface area contributed by atoms with Crippen LogP contribution in [0.25, 0.3) is 0 Å². The zero-order chi connectivity index (χ0) is 25.1. The van der Waals surface area contributed by atoms with E-state index in [0.717, 1.165) is 44.0 Å². The van der Waals surface area contributed by atoms with Crippen molar-refractivity contribution in [2.24, 2.45) is 0 Å². The van der Waals surface area contributed by atoms with E-state index in [1.807, 2.05) is 0 Å². The van der Waals surface area contributed by atoms with Gasteiger partial charge in [-0.25, -0.2) is 4.58 Å². The molecule has 0 amide bonds. The number of ether oxygens (including phenoxy) is 2. The minimum absolute atomic E-state index is 0.520. The normalized spacial score (nSPS) is 17.6. The average molecular weight is 485 g/mol. The SMILES string of the molecule is CCCC1Cc2cc(OC)c(OC)cc2CN1Cc1cccc(N2CCC=[N+](C)c3ccccc32)c1. The molecule has 188 valence electrons. The van der Waals surface area contributed by atoms with Crippen LogP contribution in [0, 0.1) is 0 Å². The molecule has 2 aliphatic heterocycles. The van der Waals surface area contributed by atoms with Crippen LogP contribution in [0.15, 0.2) is 60.7 Å². The fourth-order valence-electron chi connectivity index (χ4n) is 5.75. The Bertz CT molecular complexity index is 1250. The fraction of sp³-hybridized carbons (Fsp3) is 0.387. The number of rotatable bonds is 7. The molecule has 3 aromatic rings. The highest BCUT2D eigenvalue weighted by molar-refractivity contribution is 5.75. The van der Waals surface area contributed by atoms with Gasteiger partial charge in [-0.1, -0.05) is 37.6 Å². The number of fused-ring (bicyclic) bond motifs is 2. The Morgan fingerprint density at radius 1 is 0.944 bits per heavy atom. The fourth-order valence-corrected chi connectivity index (χ4v) is 5.75. The molecular formula is C31H38N3O2+. The summed E-state index contributed by atoms with van der Waals surface area (Å²) in [5.41, 5.74) is 7.87. The lowest BCUT2D eigenvalue weighted by atomic mass is 9.90. The van der Waals surface area contributed by atoms with Crippen molar-refractivity contribution in [2.45, 2.75) is 51.7 Å². The first-order chi connectivity index (χ1) is 17.6. The summed E-state index contributed by atoms with van der Waals surface area (Å²) in [6.07, 6.45) is 6.72. The Labute approximate surface area is 215 Å². The Kier molecular flexibility index (Phi) is 7.28. The van der Waals surface area contributed by atoms with Crippen LogP contribution >= 0.6 is 0 Å². The first-order valence-corrected chi connectivity index (χ1v) is 13.1. The van der Waals surface area contributed by atoms with Crippen LogP contribution in [0.4, 0.5) is 17.1 Å². The highest BCUT2D eigenvalue weighted by Gasteiger charge is 2.28. The molecule has 5 heteroatoms. The molecule has 0 radical (unpaired) electrons. The van der Waals surface area contributed by atoms with E-state index in [-0.39, 0.29) is 0 Å². The Hall–Kier alpha value is -3.31. The van der Waals surface area contributed by atoms with E-state index >= 15 is 0 Å². The summed E-state index contributed by atoms with van der Waals surface area (Å²) in [7, 11) is 5.58. The van der Waals surface area contributed by atoms with Gasteiger partial charge in [0.2, 0.25) is 5.69 Å². The molecule has 0 spiro atoms. The lowest BCUT2D eigenvalue weighted by Crippen LogP contribution is -2.39. The number of hydrogen-bond acceptors (Lipinski definition) is 4. The van der Waals surface area contributed by atoms with Crippen LogP contribution in [0.1, 0.15) is 42.9 Å². The lowest BCUT2D eigenvalue weighted by molar-refractivity contribution is -0.399. The number of benzene rings is 3. The standard InChI is InChI=1S/C31H38N3O2/c1-5-10-26-18-24-19-30(35-3)31(36-4)20-25(24)22-33(26)21-23-11-8-12-27(17-23)34-16-9-15-32(2)28-13-6-7-14-29(28)34/h6-8,11-15,17,19-20,26H,5,9-10,16,18,21-22H2,1-4H3/q+1. The van der Waals surface area contributed by atoms with Crippen LogP contribution in [0.3, 0.4) is 0 Å². The number of methoxy groups -OCH3 is 2. The van der Waals surface area contributed by atoms with E-state index < -0.39 is 0 Å². The second kappa shape index (κ2) is 10.8. The summed E-state index contributed by atoms with van der Waals surface area (Å²) < 4.78 is 13.4. The van der Waals surface area contributed by atoms with E-state index in [1.54, 1.807) is 14.2 Å². The van der Waals surface area contributed by atoms with Crippen LogP contribution in [0.2, 0.25) is 0 Å². The maximum Gasteiger partial charge on any atom is 0.228 e. The molecule has 0 bridgehead atoms. The topological polar surface area (TPSA) is 28.0 Å². The maximum atomic E-state index is 5.60. The minimum Gasteiger partial charge on any atom is -0.493 e. The van der Waals surface area contributed by atoms with Crippen molar-refractivity contribution < 1.29 is 14.0 Å². The quantitative estimate of drug-likeness (QED) is 0.367. The Balaban J connectivity index is 1.42. The average Bonchev–Trinajstić information content (AvgIpc) is 3.07. The van der Waals surface area contributed by atoms with Gasteiger partial charge in [-0.15, -0.1) is 0 Å². The molecule has 0 saturated carbocycles. The van der Waals surface area contributed by atoms with Crippen molar-refractivity contribution in [3.05, 3.63) is 77.4 Å². The molecule has 5 nitrogen and oxygen atoms in total. The number of anilines is 2. The third kappa shape index (κ3) is 4.85. The van der Waals surface area contributed by atoms with Crippen LogP contribution in [-0.4, -0.2) is 49.5 Å². The van der Waals surface area contributed by atoms with Crippen molar-refractivity contribution in [1.82, 2.24) is 4.90 Å². The van der Waals surface area contributed by atoms with Crippen molar-refractivity contribution in [3.8, 4) is 11.5 Å². The predicted octanol–water partition coefficient (Wildman–Crippen LogP) is 6.32. The zero-order valence-corrected chi connectivity index (χ0v) is 22.0. The molecule has 0 aliphatic carbocycles. The van der Waals surface area contributed by atoms with E-state index in [2.05, 4.69) is 95.2 Å². The number of para-hydroxylation sites is 2. The van der Waals surface area contributed by atoms with Gasteiger partial charge in [0.1, 0.15) is 18.9 Å². The van der Waals surface area contributed by atoms with E-state index in [4.69, 9.17) is 9.47 Å². The monoisotopic (exact) mass is 484 g/mol. The van der Waals surface area contributed by atoms with Crippen LogP contribution < -0.4 is 14.4 Å². The number of nitrogens with zero attached hydrogens (tertiary/aromatic N) is 3. The van der Waals surface area contributed by atoms with Gasteiger partial charge < -0.3 is 14.4 Å². The molecule has 0 fully saturated rings. The smallest absolute Gasteiger partial charge is 0.228 e. The predicted molar refractivity (Wildman–Crippen MR) is 148 cm³/mol. The van der Waals surface area contributed by atoms with Gasteiger partial charge in [-0.2, -0.15) is 0 Å². The lowest BCUT2D eigenvalue weighted by Gasteiger charge is -2.37. The van der Waals surface area contributed by atoms with Gasteiger partial charge in [0.15, 0.2) is 11.5 Å². The van der Waals surface area contributed by atoms with Crippen molar-refractivity contribution in [3.63, 3.8) is 0 Å². The van der Waals surface area contributed by atoms with Gasteiger partial charge in [0.25, 0.3) is 0 Å². The molecule has 2 heterocycles. The van der Waals surface area contributed by atoms with Crippen molar-refractivity contribution >= 4 is 23.3 Å². The molecule has 2 aliphatic rings. The summed E-state index contributed by atoms with van der Waals surface area (Å²) in [5.74, 6) is 1.64. The largest absolute Gasteiger partial charge is 0.493 e. The Morgan fingerprint density at radius 2 is 1.72 bits per heavy atom. The number of hydrogen-bond donors (Lipinski definition) is 0. The molecule has 0 aromatic heterocycles. The van der Waals surface area contributed by atoms with Crippen molar-refractivity contribution in [1.29, 1.82) is 0 Å². The molecule has 0 N–H and O–H groups in total. The van der Waals surface area contributed by atoms with Crippen LogP contribution in [-0.2, 0) is 19.5 Å². The second-order valence-corrected chi connectivity index (χ2v) is 9.92. The van der Waals surface area contributed by atoms with E-state index in [1.165, 1.54) is 46.6 Å². The first kappa shape index (κ1) is 24.4. The molecule has 0 saturated heterocycles. The summed E-state index contributed by atoms with van der Waals surface area (Å²) in [6.45, 7) is 5.13. The Morgan fingerprint density at radius 3 is 2.50 bits per heavy atom. The summed E-state index contributed by atoms with van der Waals surface area (Å²) in [5, 5.41) is 0. The van der Waals surface area contributed by atoms with Crippen LogP contribution in [0.5, 0.6) is 11.5 Å². The third-order valence-corrected chi connectivity index (χ3v) is 7.59. The minimum atomic E-state index is 0.520. The summed E-state index contributed by atoms with van der Waals surface area (Å²) >= 11 is 0. The molecule has 1 atom stereocenters. The van der Waals surface area contributed by atoms with Gasteiger partial charge in [0.05, 0.1) is 14.2 Å². The zero-order valence-electron chi connectivity index (χ0n) is 22.0. The first-order valence-electron chi connectivity index (χ1n) is 13.1. The van der Waals surface area contributed by atoms with Gasteiger partial charge in [-0.05, 0) is 59.9 Å². The molecule has 3 aromatic carbocycles. The van der Waals surface area contributed by atoms with Gasteiger partial charge >= 0.3 is 0 Å². The van der Waals surface area contributed by atoms with Crippen molar-refractivity contribution in [2.75, 3.05) is 32.7 Å². The van der Waals surface area contributed by atoms with E-state index in [0.29, 0.717) is 6.04 Å². The van der Waals surface area contributed by atoms with E-state index in [9.17, 15) is 0 Å². The highest BCUT2D eigenvalue weighted by Crippen LogP contribution is 2.37. The molecule has 36 heavy (non-hydrogen) atoms. The molecule has 5 rings (SSSR count). The second-order valence-electron chi connectivity index (χ2n) is 9.92. The third-order valence-electron chi connectivity index (χ3n) is 7.59.